The van der Waals surface area contributed by atoms with Crippen LogP contribution in [0.25, 0.3) is 0 Å². The Morgan fingerprint density at radius 3 is 2.59 bits per heavy atom. The summed E-state index contributed by atoms with van der Waals surface area (Å²) in [5, 5.41) is 9.18. The Kier molecular flexibility index (Phi) is 4.70. The van der Waals surface area contributed by atoms with Crippen LogP contribution < -0.4 is 4.90 Å². The van der Waals surface area contributed by atoms with E-state index in [1.54, 1.807) is 6.07 Å². The molecule has 1 fully saturated rings. The second-order valence-corrected chi connectivity index (χ2v) is 6.66. The lowest BCUT2D eigenvalue weighted by molar-refractivity contribution is -0.139. The highest BCUT2D eigenvalue weighted by molar-refractivity contribution is 5.81. The molecule has 4 nitrogen and oxygen atoms in total. The molecule has 0 radical (unpaired) electrons. The zero-order valence-electron chi connectivity index (χ0n) is 13.4. The van der Waals surface area contributed by atoms with Crippen molar-refractivity contribution in [2.75, 3.05) is 31.1 Å². The van der Waals surface area contributed by atoms with E-state index in [0.717, 1.165) is 25.2 Å². The Morgan fingerprint density at radius 1 is 1.23 bits per heavy atom. The molecule has 0 N–H and O–H groups in total. The van der Waals surface area contributed by atoms with E-state index < -0.39 is 5.82 Å². The molecule has 2 rings (SSSR count). The minimum Gasteiger partial charge on any atom is -0.369 e. The molecule has 0 atom stereocenters. The van der Waals surface area contributed by atoms with E-state index in [1.165, 1.54) is 12.1 Å². The zero-order chi connectivity index (χ0) is 16.3. The molecule has 1 amide bonds. The predicted molar refractivity (Wildman–Crippen MR) is 84.0 cm³/mol. The topological polar surface area (TPSA) is 47.3 Å². The van der Waals surface area contributed by atoms with Crippen molar-refractivity contribution in [1.29, 1.82) is 5.26 Å². The average Bonchev–Trinajstić information content (AvgIpc) is 2.71. The lowest BCUT2D eigenvalue weighted by Crippen LogP contribution is -2.41. The van der Waals surface area contributed by atoms with Crippen LogP contribution in [0.3, 0.4) is 0 Å². The number of amides is 1. The van der Waals surface area contributed by atoms with Crippen molar-refractivity contribution in [3.8, 4) is 6.07 Å². The summed E-state index contributed by atoms with van der Waals surface area (Å²) in [5.74, 6) is -0.256. The van der Waals surface area contributed by atoms with Crippen molar-refractivity contribution in [3.05, 3.63) is 29.6 Å². The highest BCUT2D eigenvalue weighted by Crippen LogP contribution is 2.24. The fourth-order valence-electron chi connectivity index (χ4n) is 2.71. The molecule has 0 aliphatic carbocycles. The molecule has 1 aliphatic heterocycles. The predicted octanol–water partition coefficient (Wildman–Crippen LogP) is 2.78. The highest BCUT2D eigenvalue weighted by Gasteiger charge is 2.28. The molecule has 0 aromatic heterocycles. The summed E-state index contributed by atoms with van der Waals surface area (Å²) in [7, 11) is 0. The zero-order valence-corrected chi connectivity index (χ0v) is 13.4. The minimum atomic E-state index is -0.403. The molecule has 1 aliphatic rings. The van der Waals surface area contributed by atoms with Gasteiger partial charge in [0.25, 0.3) is 0 Å². The van der Waals surface area contributed by atoms with E-state index in [-0.39, 0.29) is 11.3 Å². The van der Waals surface area contributed by atoms with E-state index in [1.807, 2.05) is 25.7 Å². The number of carbonyl (C=O) groups is 1. The summed E-state index contributed by atoms with van der Waals surface area (Å²) in [6.07, 6.45) is 0.837. The van der Waals surface area contributed by atoms with E-state index >= 15 is 0 Å². The van der Waals surface area contributed by atoms with Crippen LogP contribution in [-0.2, 0) is 4.79 Å². The minimum absolute atomic E-state index is 0.147. The van der Waals surface area contributed by atoms with Crippen LogP contribution in [0, 0.1) is 22.6 Å². The number of benzene rings is 1. The number of hydrogen-bond acceptors (Lipinski definition) is 3. The first kappa shape index (κ1) is 16.3. The molecule has 1 aromatic carbocycles. The molecule has 1 aromatic rings. The SMILES string of the molecule is CC(C)(C)C(=O)N1CCCN(c2ccc(F)cc2C#N)CC1. The molecule has 1 saturated heterocycles. The molecule has 1 heterocycles. The van der Waals surface area contributed by atoms with Crippen molar-refractivity contribution < 1.29 is 9.18 Å². The van der Waals surface area contributed by atoms with Crippen molar-refractivity contribution in [3.63, 3.8) is 0 Å². The molecular formula is C17H22FN3O. The Hall–Kier alpha value is -2.09. The quantitative estimate of drug-likeness (QED) is 0.801. The highest BCUT2D eigenvalue weighted by atomic mass is 19.1. The maximum Gasteiger partial charge on any atom is 0.228 e. The number of hydrogen-bond donors (Lipinski definition) is 0. The van der Waals surface area contributed by atoms with Gasteiger partial charge in [-0.15, -0.1) is 0 Å². The number of halogens is 1. The van der Waals surface area contributed by atoms with Gasteiger partial charge in [-0.25, -0.2) is 4.39 Å². The lowest BCUT2D eigenvalue weighted by Gasteiger charge is -2.29. The molecule has 0 unspecified atom stereocenters. The van der Waals surface area contributed by atoms with Crippen molar-refractivity contribution in [2.45, 2.75) is 27.2 Å². The molecular weight excluding hydrogens is 281 g/mol. The molecule has 118 valence electrons. The van der Waals surface area contributed by atoms with Gasteiger partial charge >= 0.3 is 0 Å². The van der Waals surface area contributed by atoms with Crippen LogP contribution in [0.2, 0.25) is 0 Å². The second-order valence-electron chi connectivity index (χ2n) is 6.66. The van der Waals surface area contributed by atoms with Gasteiger partial charge in [0.2, 0.25) is 5.91 Å². The van der Waals surface area contributed by atoms with Gasteiger partial charge in [-0.05, 0) is 24.6 Å². The van der Waals surface area contributed by atoms with Gasteiger partial charge < -0.3 is 9.80 Å². The van der Waals surface area contributed by atoms with E-state index in [4.69, 9.17) is 0 Å². The summed E-state index contributed by atoms with van der Waals surface area (Å²) >= 11 is 0. The van der Waals surface area contributed by atoms with Crippen LogP contribution in [0.4, 0.5) is 10.1 Å². The molecule has 0 bridgehead atoms. The molecule has 5 heteroatoms. The van der Waals surface area contributed by atoms with Crippen LogP contribution >= 0.6 is 0 Å². The molecule has 0 saturated carbocycles. The summed E-state index contributed by atoms with van der Waals surface area (Å²) in [6, 6.07) is 6.33. The number of nitrogens with zero attached hydrogens (tertiary/aromatic N) is 3. The number of nitriles is 1. The second kappa shape index (κ2) is 6.35. The Balaban J connectivity index is 2.15. The largest absolute Gasteiger partial charge is 0.369 e. The molecule has 22 heavy (non-hydrogen) atoms. The van der Waals surface area contributed by atoms with Crippen molar-refractivity contribution >= 4 is 11.6 Å². The Labute approximate surface area is 131 Å². The fourth-order valence-corrected chi connectivity index (χ4v) is 2.71. The third kappa shape index (κ3) is 3.56. The summed E-state index contributed by atoms with van der Waals surface area (Å²) in [4.78, 5) is 16.3. The van der Waals surface area contributed by atoms with Crippen LogP contribution in [0.5, 0.6) is 0 Å². The number of anilines is 1. The third-order valence-corrected chi connectivity index (χ3v) is 3.84. The van der Waals surface area contributed by atoms with Gasteiger partial charge in [0.05, 0.1) is 11.3 Å². The fraction of sp³-hybridized carbons (Fsp3) is 0.529. The van der Waals surface area contributed by atoms with Crippen LogP contribution in [0.15, 0.2) is 18.2 Å². The van der Waals surface area contributed by atoms with Crippen molar-refractivity contribution in [2.24, 2.45) is 5.41 Å². The number of rotatable bonds is 1. The monoisotopic (exact) mass is 303 g/mol. The van der Waals surface area contributed by atoms with E-state index in [0.29, 0.717) is 18.7 Å². The first-order chi connectivity index (χ1) is 10.3. The van der Waals surface area contributed by atoms with Gasteiger partial charge in [-0.2, -0.15) is 5.26 Å². The summed E-state index contributed by atoms with van der Waals surface area (Å²) in [6.45, 7) is 8.52. The van der Waals surface area contributed by atoms with E-state index in [9.17, 15) is 14.4 Å². The maximum atomic E-state index is 13.3. The summed E-state index contributed by atoms with van der Waals surface area (Å²) in [5.41, 5.74) is 0.701. The maximum absolute atomic E-state index is 13.3. The van der Waals surface area contributed by atoms with Gasteiger partial charge in [-0.3, -0.25) is 4.79 Å². The number of carbonyl (C=O) groups excluding carboxylic acids is 1. The first-order valence-corrected chi connectivity index (χ1v) is 7.57. The third-order valence-electron chi connectivity index (χ3n) is 3.84. The van der Waals surface area contributed by atoms with Crippen LogP contribution in [0.1, 0.15) is 32.8 Å². The smallest absolute Gasteiger partial charge is 0.228 e. The average molecular weight is 303 g/mol. The summed E-state index contributed by atoms with van der Waals surface area (Å²) < 4.78 is 13.3. The van der Waals surface area contributed by atoms with Crippen molar-refractivity contribution in [1.82, 2.24) is 4.90 Å². The van der Waals surface area contributed by atoms with Gasteiger partial charge in [-0.1, -0.05) is 20.8 Å². The standard InChI is InChI=1S/C17H22FN3O/c1-17(2,3)16(22)21-8-4-7-20(9-10-21)15-6-5-14(18)11-13(15)12-19/h5-6,11H,4,7-10H2,1-3H3. The van der Waals surface area contributed by atoms with Crippen LogP contribution in [-0.4, -0.2) is 37.0 Å². The van der Waals surface area contributed by atoms with Gasteiger partial charge in [0, 0.05) is 31.6 Å². The first-order valence-electron chi connectivity index (χ1n) is 7.57. The van der Waals surface area contributed by atoms with Gasteiger partial charge in [0.15, 0.2) is 0 Å². The van der Waals surface area contributed by atoms with E-state index in [2.05, 4.69) is 11.0 Å². The Bertz CT molecular complexity index is 601. The van der Waals surface area contributed by atoms with Gasteiger partial charge in [0.1, 0.15) is 11.9 Å². The molecule has 0 spiro atoms. The normalized spacial score (nSPS) is 16.1. The Morgan fingerprint density at radius 2 is 1.95 bits per heavy atom. The lowest BCUT2D eigenvalue weighted by atomic mass is 9.94.